The molecular weight excluding hydrogens is 186 g/mol. The number of hydrogen-bond donors (Lipinski definition) is 1. The van der Waals surface area contributed by atoms with Crippen molar-refractivity contribution in [3.63, 3.8) is 0 Å². The Labute approximate surface area is 90.7 Å². The molecule has 15 heavy (non-hydrogen) atoms. The van der Waals surface area contributed by atoms with E-state index in [0.717, 1.165) is 19.3 Å². The number of benzene rings is 1. The summed E-state index contributed by atoms with van der Waals surface area (Å²) in [4.78, 5) is 11.5. The average Bonchev–Trinajstić information content (AvgIpc) is 3.01. The van der Waals surface area contributed by atoms with Gasteiger partial charge in [0.05, 0.1) is 0 Å². The number of carbonyl (C=O) groups excluding carboxylic acids is 1. The summed E-state index contributed by atoms with van der Waals surface area (Å²) in [5, 5.41) is 3.05. The molecule has 0 aromatic heterocycles. The van der Waals surface area contributed by atoms with Crippen molar-refractivity contribution in [2.75, 3.05) is 0 Å². The van der Waals surface area contributed by atoms with Gasteiger partial charge in [-0.3, -0.25) is 4.79 Å². The van der Waals surface area contributed by atoms with Crippen LogP contribution < -0.4 is 5.32 Å². The van der Waals surface area contributed by atoms with E-state index >= 15 is 0 Å². The van der Waals surface area contributed by atoms with Crippen LogP contribution in [0.1, 0.15) is 25.3 Å². The Morgan fingerprint density at radius 1 is 1.40 bits per heavy atom. The summed E-state index contributed by atoms with van der Waals surface area (Å²) in [6.45, 7) is 2.06. The van der Waals surface area contributed by atoms with Gasteiger partial charge in [0.25, 0.3) is 0 Å². The van der Waals surface area contributed by atoms with Crippen LogP contribution in [0.4, 0.5) is 0 Å². The zero-order chi connectivity index (χ0) is 10.7. The lowest BCUT2D eigenvalue weighted by atomic mass is 10.1. The Hall–Kier alpha value is -1.31. The SMILES string of the molecule is C[C@H](Cc1ccccc1)NC(=O)C1CC1. The van der Waals surface area contributed by atoms with Crippen molar-refractivity contribution in [3.05, 3.63) is 35.9 Å². The van der Waals surface area contributed by atoms with Crippen LogP contribution in [0, 0.1) is 5.92 Å². The normalized spacial score (nSPS) is 17.1. The summed E-state index contributed by atoms with van der Waals surface area (Å²) in [5.74, 6) is 0.543. The summed E-state index contributed by atoms with van der Waals surface area (Å²) in [6.07, 6.45) is 3.06. The first kappa shape index (κ1) is 10.2. The number of carbonyl (C=O) groups is 1. The first-order valence-corrected chi connectivity index (χ1v) is 5.60. The molecule has 1 N–H and O–H groups in total. The van der Waals surface area contributed by atoms with E-state index in [-0.39, 0.29) is 11.9 Å². The molecule has 2 heteroatoms. The van der Waals surface area contributed by atoms with Gasteiger partial charge in [0.15, 0.2) is 0 Å². The second kappa shape index (κ2) is 4.47. The molecule has 1 fully saturated rings. The van der Waals surface area contributed by atoms with Crippen LogP contribution in [-0.2, 0) is 11.2 Å². The Kier molecular flexibility index (Phi) is 3.05. The molecule has 1 amide bonds. The van der Waals surface area contributed by atoms with Crippen LogP contribution >= 0.6 is 0 Å². The molecular formula is C13H17NO. The third kappa shape index (κ3) is 3.08. The molecule has 0 radical (unpaired) electrons. The van der Waals surface area contributed by atoms with Crippen molar-refractivity contribution in [2.45, 2.75) is 32.2 Å². The zero-order valence-electron chi connectivity index (χ0n) is 9.07. The summed E-state index contributed by atoms with van der Waals surface area (Å²) < 4.78 is 0. The quantitative estimate of drug-likeness (QED) is 0.798. The zero-order valence-corrected chi connectivity index (χ0v) is 9.07. The average molecular weight is 203 g/mol. The minimum absolute atomic E-state index is 0.235. The predicted octanol–water partition coefficient (Wildman–Crippen LogP) is 2.14. The first-order chi connectivity index (χ1) is 7.25. The van der Waals surface area contributed by atoms with Crippen LogP contribution in [-0.4, -0.2) is 11.9 Å². The van der Waals surface area contributed by atoms with E-state index in [1.165, 1.54) is 5.56 Å². The fourth-order valence-electron chi connectivity index (χ4n) is 1.72. The fourth-order valence-corrected chi connectivity index (χ4v) is 1.72. The molecule has 1 aliphatic carbocycles. The van der Waals surface area contributed by atoms with Gasteiger partial charge in [-0.1, -0.05) is 30.3 Å². The van der Waals surface area contributed by atoms with Gasteiger partial charge < -0.3 is 5.32 Å². The third-order valence-corrected chi connectivity index (χ3v) is 2.72. The molecule has 80 valence electrons. The molecule has 1 atom stereocenters. The second-order valence-corrected chi connectivity index (χ2v) is 4.37. The summed E-state index contributed by atoms with van der Waals surface area (Å²) >= 11 is 0. The molecule has 1 saturated carbocycles. The maximum atomic E-state index is 11.5. The predicted molar refractivity (Wildman–Crippen MR) is 60.5 cm³/mol. The lowest BCUT2D eigenvalue weighted by Crippen LogP contribution is -2.35. The van der Waals surface area contributed by atoms with E-state index in [0.29, 0.717) is 5.92 Å². The van der Waals surface area contributed by atoms with Crippen molar-refractivity contribution in [1.29, 1.82) is 0 Å². The van der Waals surface area contributed by atoms with E-state index in [1.54, 1.807) is 0 Å². The van der Waals surface area contributed by atoms with Crippen LogP contribution in [0.3, 0.4) is 0 Å². The van der Waals surface area contributed by atoms with Gasteiger partial charge in [-0.2, -0.15) is 0 Å². The maximum Gasteiger partial charge on any atom is 0.223 e. The monoisotopic (exact) mass is 203 g/mol. The summed E-state index contributed by atoms with van der Waals surface area (Å²) in [6, 6.07) is 10.5. The Balaban J connectivity index is 1.81. The van der Waals surface area contributed by atoms with Crippen LogP contribution in [0.15, 0.2) is 30.3 Å². The van der Waals surface area contributed by atoms with Gasteiger partial charge in [-0.05, 0) is 31.7 Å². The molecule has 0 unspecified atom stereocenters. The van der Waals surface area contributed by atoms with Gasteiger partial charge in [-0.25, -0.2) is 0 Å². The molecule has 2 rings (SSSR count). The van der Waals surface area contributed by atoms with Crippen molar-refractivity contribution < 1.29 is 4.79 Å². The van der Waals surface area contributed by atoms with Crippen molar-refractivity contribution in [3.8, 4) is 0 Å². The van der Waals surface area contributed by atoms with Gasteiger partial charge in [0.1, 0.15) is 0 Å². The van der Waals surface area contributed by atoms with Crippen molar-refractivity contribution in [2.24, 2.45) is 5.92 Å². The third-order valence-electron chi connectivity index (χ3n) is 2.72. The fraction of sp³-hybridized carbons (Fsp3) is 0.462. The highest BCUT2D eigenvalue weighted by molar-refractivity contribution is 5.81. The Bertz CT molecular complexity index is 330. The van der Waals surface area contributed by atoms with E-state index < -0.39 is 0 Å². The smallest absolute Gasteiger partial charge is 0.223 e. The molecule has 1 aromatic carbocycles. The number of hydrogen-bond acceptors (Lipinski definition) is 1. The van der Waals surface area contributed by atoms with Crippen LogP contribution in [0.5, 0.6) is 0 Å². The minimum Gasteiger partial charge on any atom is -0.353 e. The van der Waals surface area contributed by atoms with Gasteiger partial charge in [0, 0.05) is 12.0 Å². The maximum absolute atomic E-state index is 11.5. The number of nitrogens with one attached hydrogen (secondary N) is 1. The van der Waals surface area contributed by atoms with Gasteiger partial charge in [0.2, 0.25) is 5.91 Å². The summed E-state index contributed by atoms with van der Waals surface area (Å²) in [7, 11) is 0. The minimum atomic E-state index is 0.235. The van der Waals surface area contributed by atoms with E-state index in [9.17, 15) is 4.79 Å². The Morgan fingerprint density at radius 3 is 2.67 bits per heavy atom. The highest BCUT2D eigenvalue weighted by Crippen LogP contribution is 2.28. The Morgan fingerprint density at radius 2 is 2.07 bits per heavy atom. The molecule has 0 saturated heterocycles. The second-order valence-electron chi connectivity index (χ2n) is 4.37. The molecule has 2 nitrogen and oxygen atoms in total. The van der Waals surface area contributed by atoms with Crippen LogP contribution in [0.2, 0.25) is 0 Å². The lowest BCUT2D eigenvalue weighted by Gasteiger charge is -2.13. The molecule has 0 aliphatic heterocycles. The highest BCUT2D eigenvalue weighted by Gasteiger charge is 2.30. The van der Waals surface area contributed by atoms with Crippen molar-refractivity contribution in [1.82, 2.24) is 5.32 Å². The molecule has 1 aromatic rings. The summed E-state index contributed by atoms with van der Waals surface area (Å²) in [5.41, 5.74) is 1.28. The molecule has 1 aliphatic rings. The van der Waals surface area contributed by atoms with E-state index in [1.807, 2.05) is 18.2 Å². The molecule has 0 bridgehead atoms. The lowest BCUT2D eigenvalue weighted by molar-refractivity contribution is -0.122. The topological polar surface area (TPSA) is 29.1 Å². The molecule has 0 heterocycles. The van der Waals surface area contributed by atoms with E-state index in [2.05, 4.69) is 24.4 Å². The largest absolute Gasteiger partial charge is 0.353 e. The standard InChI is InChI=1S/C13H17NO/c1-10(14-13(15)12-7-8-12)9-11-5-3-2-4-6-11/h2-6,10,12H,7-9H2,1H3,(H,14,15)/t10-/m1/s1. The molecule has 0 spiro atoms. The van der Waals surface area contributed by atoms with Crippen LogP contribution in [0.25, 0.3) is 0 Å². The number of rotatable bonds is 4. The highest BCUT2D eigenvalue weighted by atomic mass is 16.2. The number of amides is 1. The van der Waals surface area contributed by atoms with Gasteiger partial charge in [-0.15, -0.1) is 0 Å². The first-order valence-electron chi connectivity index (χ1n) is 5.60. The van der Waals surface area contributed by atoms with Gasteiger partial charge >= 0.3 is 0 Å². The van der Waals surface area contributed by atoms with Crippen molar-refractivity contribution >= 4 is 5.91 Å². The van der Waals surface area contributed by atoms with E-state index in [4.69, 9.17) is 0 Å².